The van der Waals surface area contributed by atoms with Gasteiger partial charge >= 0.3 is 0 Å². The molecule has 3 nitrogen and oxygen atoms in total. The van der Waals surface area contributed by atoms with Crippen molar-refractivity contribution >= 4 is 0 Å². The average Bonchev–Trinajstić information content (AvgIpc) is 2.30. The van der Waals surface area contributed by atoms with Crippen LogP contribution in [0.3, 0.4) is 0 Å². The summed E-state index contributed by atoms with van der Waals surface area (Å²) in [5, 5.41) is 0. The molecule has 0 aliphatic carbocycles. The molecule has 2 rings (SSSR count). The molecular weight excluding hydrogens is 195 g/mol. The topological polar surface area (TPSA) is 35.0 Å². The van der Waals surface area contributed by atoms with Gasteiger partial charge in [-0.05, 0) is 18.2 Å². The molecule has 0 radical (unpaired) electrons. The van der Waals surface area contributed by atoms with Crippen LogP contribution in [0.1, 0.15) is 0 Å². The summed E-state index contributed by atoms with van der Waals surface area (Å²) in [6.07, 6.45) is 1.44. The standard InChI is InChI=1S/C11H9FN2O/c1-15-11-4-2-3-9(14-11)8-5-6-10(12)13-7-8/h2-7H,1H3. The van der Waals surface area contributed by atoms with Gasteiger partial charge in [0.25, 0.3) is 0 Å². The van der Waals surface area contributed by atoms with Crippen molar-refractivity contribution in [2.45, 2.75) is 0 Å². The van der Waals surface area contributed by atoms with Gasteiger partial charge in [-0.3, -0.25) is 0 Å². The minimum absolute atomic E-state index is 0.498. The van der Waals surface area contributed by atoms with E-state index in [0.717, 1.165) is 5.56 Å². The Morgan fingerprint density at radius 3 is 2.73 bits per heavy atom. The Morgan fingerprint density at radius 2 is 2.07 bits per heavy atom. The fourth-order valence-electron chi connectivity index (χ4n) is 1.22. The Morgan fingerprint density at radius 1 is 1.20 bits per heavy atom. The molecule has 0 amide bonds. The van der Waals surface area contributed by atoms with Gasteiger partial charge in [0.05, 0.1) is 12.8 Å². The van der Waals surface area contributed by atoms with Crippen molar-refractivity contribution < 1.29 is 9.13 Å². The van der Waals surface area contributed by atoms with Crippen LogP contribution in [0, 0.1) is 5.95 Å². The van der Waals surface area contributed by atoms with Gasteiger partial charge in [-0.2, -0.15) is 4.39 Å². The van der Waals surface area contributed by atoms with Crippen LogP contribution in [0.5, 0.6) is 5.88 Å². The van der Waals surface area contributed by atoms with Crippen LogP contribution in [0.25, 0.3) is 11.3 Å². The normalized spacial score (nSPS) is 10.0. The summed E-state index contributed by atoms with van der Waals surface area (Å²) in [4.78, 5) is 7.77. The van der Waals surface area contributed by atoms with Crippen molar-refractivity contribution in [2.75, 3.05) is 7.11 Å². The fourth-order valence-corrected chi connectivity index (χ4v) is 1.22. The summed E-state index contributed by atoms with van der Waals surface area (Å²) >= 11 is 0. The van der Waals surface area contributed by atoms with E-state index in [4.69, 9.17) is 4.74 Å². The van der Waals surface area contributed by atoms with E-state index < -0.39 is 5.95 Å². The van der Waals surface area contributed by atoms with E-state index in [1.165, 1.54) is 12.3 Å². The maximum Gasteiger partial charge on any atom is 0.213 e. The van der Waals surface area contributed by atoms with Gasteiger partial charge in [0.2, 0.25) is 11.8 Å². The lowest BCUT2D eigenvalue weighted by Crippen LogP contribution is -1.90. The molecule has 15 heavy (non-hydrogen) atoms. The van der Waals surface area contributed by atoms with Gasteiger partial charge in [0.15, 0.2) is 0 Å². The van der Waals surface area contributed by atoms with E-state index in [1.807, 2.05) is 12.1 Å². The predicted octanol–water partition coefficient (Wildman–Crippen LogP) is 2.29. The zero-order valence-corrected chi connectivity index (χ0v) is 8.14. The largest absolute Gasteiger partial charge is 0.481 e. The van der Waals surface area contributed by atoms with Gasteiger partial charge in [-0.1, -0.05) is 6.07 Å². The Bertz CT molecular complexity index is 456. The third-order valence-corrected chi connectivity index (χ3v) is 1.96. The number of hydrogen-bond acceptors (Lipinski definition) is 3. The maximum absolute atomic E-state index is 12.6. The molecule has 0 N–H and O–H groups in total. The van der Waals surface area contributed by atoms with Crippen LogP contribution in [-0.4, -0.2) is 17.1 Å². The lowest BCUT2D eigenvalue weighted by atomic mass is 10.2. The Kier molecular flexibility index (Phi) is 2.58. The highest BCUT2D eigenvalue weighted by molar-refractivity contribution is 5.57. The number of pyridine rings is 2. The molecule has 0 spiro atoms. The highest BCUT2D eigenvalue weighted by Gasteiger charge is 2.01. The van der Waals surface area contributed by atoms with E-state index in [1.54, 1.807) is 19.2 Å². The molecule has 2 aromatic rings. The Hall–Kier alpha value is -1.97. The van der Waals surface area contributed by atoms with E-state index in [2.05, 4.69) is 9.97 Å². The second-order valence-corrected chi connectivity index (χ2v) is 2.93. The van der Waals surface area contributed by atoms with E-state index in [-0.39, 0.29) is 0 Å². The summed E-state index contributed by atoms with van der Waals surface area (Å²) in [5.74, 6) is 0.0264. The molecule has 2 aromatic heterocycles. The monoisotopic (exact) mass is 204 g/mol. The van der Waals surface area contributed by atoms with Crippen molar-refractivity contribution in [3.63, 3.8) is 0 Å². The molecule has 0 bridgehead atoms. The van der Waals surface area contributed by atoms with E-state index >= 15 is 0 Å². The van der Waals surface area contributed by atoms with Crippen molar-refractivity contribution in [2.24, 2.45) is 0 Å². The van der Waals surface area contributed by atoms with Crippen LogP contribution in [0.2, 0.25) is 0 Å². The van der Waals surface area contributed by atoms with Crippen LogP contribution in [0.4, 0.5) is 4.39 Å². The van der Waals surface area contributed by atoms with Crippen molar-refractivity contribution in [3.8, 4) is 17.1 Å². The van der Waals surface area contributed by atoms with Crippen molar-refractivity contribution in [3.05, 3.63) is 42.5 Å². The maximum atomic E-state index is 12.6. The summed E-state index contributed by atoms with van der Waals surface area (Å²) in [6.45, 7) is 0. The minimum atomic E-state index is -0.498. The number of rotatable bonds is 2. The van der Waals surface area contributed by atoms with Crippen molar-refractivity contribution in [1.29, 1.82) is 0 Å². The smallest absolute Gasteiger partial charge is 0.213 e. The second kappa shape index (κ2) is 4.04. The number of aromatic nitrogens is 2. The van der Waals surface area contributed by atoms with Gasteiger partial charge in [0.1, 0.15) is 0 Å². The highest BCUT2D eigenvalue weighted by Crippen LogP contribution is 2.18. The van der Waals surface area contributed by atoms with Crippen LogP contribution >= 0.6 is 0 Å². The van der Waals surface area contributed by atoms with Gasteiger partial charge in [0, 0.05) is 17.8 Å². The molecule has 0 aromatic carbocycles. The first-order chi connectivity index (χ1) is 7.29. The summed E-state index contributed by atoms with van der Waals surface area (Å²) < 4.78 is 17.6. The lowest BCUT2D eigenvalue weighted by Gasteiger charge is -2.02. The van der Waals surface area contributed by atoms with E-state index in [0.29, 0.717) is 11.6 Å². The zero-order chi connectivity index (χ0) is 10.7. The van der Waals surface area contributed by atoms with Crippen molar-refractivity contribution in [1.82, 2.24) is 9.97 Å². The quantitative estimate of drug-likeness (QED) is 0.704. The van der Waals surface area contributed by atoms with Crippen LogP contribution in [0.15, 0.2) is 36.5 Å². The molecule has 0 aliphatic rings. The third-order valence-electron chi connectivity index (χ3n) is 1.96. The molecule has 0 saturated heterocycles. The number of halogens is 1. The first-order valence-electron chi connectivity index (χ1n) is 4.42. The lowest BCUT2D eigenvalue weighted by molar-refractivity contribution is 0.398. The van der Waals surface area contributed by atoms with Gasteiger partial charge in [-0.15, -0.1) is 0 Å². The Balaban J connectivity index is 2.40. The second-order valence-electron chi connectivity index (χ2n) is 2.93. The molecule has 2 heterocycles. The van der Waals surface area contributed by atoms with E-state index in [9.17, 15) is 4.39 Å². The van der Waals surface area contributed by atoms with Gasteiger partial charge in [-0.25, -0.2) is 9.97 Å². The average molecular weight is 204 g/mol. The minimum Gasteiger partial charge on any atom is -0.481 e. The molecule has 0 atom stereocenters. The van der Waals surface area contributed by atoms with Gasteiger partial charge < -0.3 is 4.74 Å². The fraction of sp³-hybridized carbons (Fsp3) is 0.0909. The molecule has 4 heteroatoms. The van der Waals surface area contributed by atoms with Crippen LogP contribution < -0.4 is 4.74 Å². The zero-order valence-electron chi connectivity index (χ0n) is 8.14. The third kappa shape index (κ3) is 2.10. The predicted molar refractivity (Wildman–Crippen MR) is 54.0 cm³/mol. The van der Waals surface area contributed by atoms with Crippen LogP contribution in [-0.2, 0) is 0 Å². The SMILES string of the molecule is COc1cccc(-c2ccc(F)nc2)n1. The highest BCUT2D eigenvalue weighted by atomic mass is 19.1. The number of hydrogen-bond donors (Lipinski definition) is 0. The number of nitrogens with zero attached hydrogens (tertiary/aromatic N) is 2. The first kappa shape index (κ1) is 9.58. The summed E-state index contributed by atoms with van der Waals surface area (Å²) in [6, 6.07) is 8.32. The molecular formula is C11H9FN2O. The summed E-state index contributed by atoms with van der Waals surface area (Å²) in [5.41, 5.74) is 1.47. The number of methoxy groups -OCH3 is 1. The molecule has 0 unspecified atom stereocenters. The molecule has 0 aliphatic heterocycles. The first-order valence-corrected chi connectivity index (χ1v) is 4.42. The summed E-state index contributed by atoms with van der Waals surface area (Å²) in [7, 11) is 1.55. The molecule has 0 fully saturated rings. The molecule has 76 valence electrons. The number of ether oxygens (including phenoxy) is 1. The Labute approximate surface area is 86.6 Å². The molecule has 0 saturated carbocycles.